The Morgan fingerprint density at radius 1 is 1.00 bits per heavy atom. The maximum atomic E-state index is 11.8. The van der Waals surface area contributed by atoms with Gasteiger partial charge in [0.05, 0.1) is 0 Å². The van der Waals surface area contributed by atoms with Crippen LogP contribution >= 0.6 is 0 Å². The first-order valence-electron chi connectivity index (χ1n) is 5.69. The van der Waals surface area contributed by atoms with E-state index < -0.39 is 11.9 Å². The third kappa shape index (κ3) is 2.49. The highest BCUT2D eigenvalue weighted by Gasteiger charge is 2.34. The molecule has 2 aliphatic rings. The van der Waals surface area contributed by atoms with Crippen LogP contribution in [0.25, 0.3) is 0 Å². The summed E-state index contributed by atoms with van der Waals surface area (Å²) in [5.41, 5.74) is 0. The second-order valence-electron chi connectivity index (χ2n) is 4.60. The van der Waals surface area contributed by atoms with Gasteiger partial charge in [0.25, 0.3) is 0 Å². The Morgan fingerprint density at radius 2 is 1.60 bits per heavy atom. The Bertz CT molecular complexity index is 273. The zero-order chi connectivity index (χ0) is 10.8. The van der Waals surface area contributed by atoms with Gasteiger partial charge in [0.15, 0.2) is 0 Å². The number of carboxylic acids is 1. The predicted molar refractivity (Wildman–Crippen MR) is 51.6 cm³/mol. The Balaban J connectivity index is 1.96. The second kappa shape index (κ2) is 4.21. The average Bonchev–Trinajstić information content (AvgIpc) is 3.01. The van der Waals surface area contributed by atoms with Crippen molar-refractivity contribution in [2.45, 2.75) is 44.6 Å². The Hall–Kier alpha value is -1.06. The van der Waals surface area contributed by atoms with Crippen LogP contribution < -0.4 is 10.4 Å². The van der Waals surface area contributed by atoms with Crippen LogP contribution in [-0.4, -0.2) is 17.9 Å². The smallest absolute Gasteiger partial charge is 0.223 e. The molecule has 2 aliphatic carbocycles. The van der Waals surface area contributed by atoms with E-state index in [2.05, 4.69) is 5.32 Å². The molecule has 4 heteroatoms. The van der Waals surface area contributed by atoms with Crippen molar-refractivity contribution in [1.82, 2.24) is 5.32 Å². The first-order chi connectivity index (χ1) is 7.18. The summed E-state index contributed by atoms with van der Waals surface area (Å²) in [7, 11) is 0. The molecule has 4 nitrogen and oxygen atoms in total. The molecule has 1 N–H and O–H groups in total. The minimum Gasteiger partial charge on any atom is -0.550 e. The van der Waals surface area contributed by atoms with Gasteiger partial charge in [0.1, 0.15) is 0 Å². The van der Waals surface area contributed by atoms with E-state index in [0.717, 1.165) is 25.7 Å². The Morgan fingerprint density at radius 3 is 2.13 bits per heavy atom. The monoisotopic (exact) mass is 210 g/mol. The van der Waals surface area contributed by atoms with Crippen LogP contribution in [0.2, 0.25) is 0 Å². The molecule has 0 saturated heterocycles. The van der Waals surface area contributed by atoms with E-state index in [0.29, 0.717) is 18.9 Å². The molecule has 2 atom stereocenters. The summed E-state index contributed by atoms with van der Waals surface area (Å²) in [6.07, 6.45) is 5.20. The van der Waals surface area contributed by atoms with Crippen LogP contribution in [0.4, 0.5) is 0 Å². The molecule has 2 rings (SSSR count). The summed E-state index contributed by atoms with van der Waals surface area (Å²) in [5, 5.41) is 13.8. The summed E-state index contributed by atoms with van der Waals surface area (Å²) >= 11 is 0. The predicted octanol–water partition coefficient (Wildman–Crippen LogP) is -0.179. The van der Waals surface area contributed by atoms with Gasteiger partial charge in [0, 0.05) is 23.8 Å². The third-order valence-electron chi connectivity index (χ3n) is 3.33. The van der Waals surface area contributed by atoms with Gasteiger partial charge in [-0.05, 0) is 25.7 Å². The molecule has 2 fully saturated rings. The average molecular weight is 210 g/mol. The lowest BCUT2D eigenvalue weighted by Crippen LogP contribution is -2.45. The Kier molecular flexibility index (Phi) is 2.93. The molecule has 0 heterocycles. The molecule has 0 unspecified atom stereocenters. The van der Waals surface area contributed by atoms with E-state index in [-0.39, 0.29) is 11.8 Å². The van der Waals surface area contributed by atoms with E-state index in [1.165, 1.54) is 0 Å². The third-order valence-corrected chi connectivity index (χ3v) is 3.33. The van der Waals surface area contributed by atoms with E-state index in [9.17, 15) is 14.7 Å². The zero-order valence-corrected chi connectivity index (χ0v) is 8.70. The maximum absolute atomic E-state index is 11.8. The van der Waals surface area contributed by atoms with Crippen molar-refractivity contribution in [2.75, 3.05) is 0 Å². The van der Waals surface area contributed by atoms with E-state index in [4.69, 9.17) is 0 Å². The van der Waals surface area contributed by atoms with Crippen molar-refractivity contribution in [3.8, 4) is 0 Å². The minimum absolute atomic E-state index is 0.0774. The molecule has 84 valence electrons. The van der Waals surface area contributed by atoms with Crippen molar-refractivity contribution in [2.24, 2.45) is 11.8 Å². The van der Waals surface area contributed by atoms with E-state index in [1.54, 1.807) is 0 Å². The van der Waals surface area contributed by atoms with Crippen LogP contribution in [-0.2, 0) is 9.59 Å². The van der Waals surface area contributed by atoms with Gasteiger partial charge in [-0.15, -0.1) is 0 Å². The standard InChI is InChI=1S/C11H17NO3/c13-10(12-7-5-6-7)8-3-1-2-4-9(8)11(14)15/h7-9H,1-6H2,(H,12,13)(H,14,15)/p-1/t8-,9-/m1/s1. The molecule has 15 heavy (non-hydrogen) atoms. The molecular formula is C11H16NO3-. The number of hydrogen-bond donors (Lipinski definition) is 1. The van der Waals surface area contributed by atoms with Gasteiger partial charge >= 0.3 is 0 Å². The highest BCUT2D eigenvalue weighted by atomic mass is 16.4. The number of amides is 1. The lowest BCUT2D eigenvalue weighted by atomic mass is 9.78. The molecule has 0 aromatic carbocycles. The highest BCUT2D eigenvalue weighted by Crippen LogP contribution is 2.31. The van der Waals surface area contributed by atoms with Gasteiger partial charge in [-0.1, -0.05) is 12.8 Å². The number of hydrogen-bond acceptors (Lipinski definition) is 3. The molecular weight excluding hydrogens is 194 g/mol. The zero-order valence-electron chi connectivity index (χ0n) is 8.70. The first kappa shape index (κ1) is 10.5. The van der Waals surface area contributed by atoms with Gasteiger partial charge in [-0.2, -0.15) is 0 Å². The molecule has 0 aliphatic heterocycles. The largest absolute Gasteiger partial charge is 0.550 e. The summed E-state index contributed by atoms with van der Waals surface area (Å²) in [5.74, 6) is -2.07. The van der Waals surface area contributed by atoms with Crippen LogP contribution in [0.5, 0.6) is 0 Å². The summed E-state index contributed by atoms with van der Waals surface area (Å²) < 4.78 is 0. The lowest BCUT2D eigenvalue weighted by Gasteiger charge is -2.31. The number of carbonyl (C=O) groups excluding carboxylic acids is 2. The van der Waals surface area contributed by atoms with Crippen LogP contribution in [0.3, 0.4) is 0 Å². The minimum atomic E-state index is -1.06. The van der Waals surface area contributed by atoms with Gasteiger partial charge in [0.2, 0.25) is 5.91 Å². The first-order valence-corrected chi connectivity index (χ1v) is 5.69. The van der Waals surface area contributed by atoms with Crippen molar-refractivity contribution in [3.63, 3.8) is 0 Å². The van der Waals surface area contributed by atoms with Crippen molar-refractivity contribution in [1.29, 1.82) is 0 Å². The molecule has 0 aromatic rings. The fourth-order valence-electron chi connectivity index (χ4n) is 2.26. The van der Waals surface area contributed by atoms with Crippen LogP contribution in [0.1, 0.15) is 38.5 Å². The highest BCUT2D eigenvalue weighted by molar-refractivity contribution is 5.84. The molecule has 2 saturated carbocycles. The van der Waals surface area contributed by atoms with E-state index >= 15 is 0 Å². The number of rotatable bonds is 3. The van der Waals surface area contributed by atoms with Gasteiger partial charge in [-0.25, -0.2) is 0 Å². The van der Waals surface area contributed by atoms with Gasteiger partial charge in [-0.3, -0.25) is 4.79 Å². The lowest BCUT2D eigenvalue weighted by molar-refractivity contribution is -0.314. The molecule has 0 aromatic heterocycles. The molecule has 1 amide bonds. The quantitative estimate of drug-likeness (QED) is 0.702. The number of aliphatic carboxylic acids is 1. The number of carboxylic acid groups (broad SMARTS) is 1. The van der Waals surface area contributed by atoms with Crippen molar-refractivity contribution >= 4 is 11.9 Å². The Labute approximate surface area is 89.0 Å². The molecule has 0 spiro atoms. The fourth-order valence-corrected chi connectivity index (χ4v) is 2.26. The summed E-state index contributed by atoms with van der Waals surface area (Å²) in [6.45, 7) is 0. The van der Waals surface area contributed by atoms with Crippen LogP contribution in [0, 0.1) is 11.8 Å². The number of nitrogens with one attached hydrogen (secondary N) is 1. The van der Waals surface area contributed by atoms with E-state index in [1.807, 2.05) is 0 Å². The molecule has 0 bridgehead atoms. The van der Waals surface area contributed by atoms with Crippen molar-refractivity contribution in [3.05, 3.63) is 0 Å². The van der Waals surface area contributed by atoms with Crippen LogP contribution in [0.15, 0.2) is 0 Å². The second-order valence-corrected chi connectivity index (χ2v) is 4.60. The topological polar surface area (TPSA) is 69.2 Å². The maximum Gasteiger partial charge on any atom is 0.223 e. The number of carbonyl (C=O) groups is 2. The summed E-state index contributed by atoms with van der Waals surface area (Å²) in [4.78, 5) is 22.6. The van der Waals surface area contributed by atoms with Crippen molar-refractivity contribution < 1.29 is 14.7 Å². The van der Waals surface area contributed by atoms with Gasteiger partial charge < -0.3 is 15.2 Å². The summed E-state index contributed by atoms with van der Waals surface area (Å²) in [6, 6.07) is 0.307. The SMILES string of the molecule is O=C([O-])[C@@H]1CCCC[C@H]1C(=O)NC1CC1. The molecule has 0 radical (unpaired) electrons. The normalized spacial score (nSPS) is 30.9. The fraction of sp³-hybridized carbons (Fsp3) is 0.818.